The molecule has 0 radical (unpaired) electrons. The lowest BCUT2D eigenvalue weighted by molar-refractivity contribution is 0.239. The Morgan fingerprint density at radius 1 is 1.40 bits per heavy atom. The predicted octanol–water partition coefficient (Wildman–Crippen LogP) is 3.19. The van der Waals surface area contributed by atoms with Crippen LogP contribution in [0.25, 0.3) is 0 Å². The first kappa shape index (κ1) is 15.0. The molecule has 0 aliphatic carbocycles. The largest absolute Gasteiger partial charge is 0.338 e. The van der Waals surface area contributed by atoms with Gasteiger partial charge in [-0.2, -0.15) is 0 Å². The topological polar surface area (TPSA) is 54.0 Å². The van der Waals surface area contributed by atoms with Crippen LogP contribution in [0.4, 0.5) is 4.79 Å². The quantitative estimate of drug-likeness (QED) is 0.861. The van der Waals surface area contributed by atoms with Gasteiger partial charge in [0.1, 0.15) is 5.01 Å². The van der Waals surface area contributed by atoms with Crippen molar-refractivity contribution in [2.75, 3.05) is 6.54 Å². The molecule has 4 nitrogen and oxygen atoms in total. The Morgan fingerprint density at radius 2 is 2.25 bits per heavy atom. The van der Waals surface area contributed by atoms with Crippen molar-refractivity contribution >= 4 is 28.7 Å². The Labute approximate surface area is 127 Å². The van der Waals surface area contributed by atoms with Crippen LogP contribution in [0.5, 0.6) is 0 Å². The molecule has 2 heterocycles. The highest BCUT2D eigenvalue weighted by Gasteiger charge is 2.07. The predicted molar refractivity (Wildman–Crippen MR) is 84.3 cm³/mol. The lowest BCUT2D eigenvalue weighted by atomic mass is 10.1. The molecular weight excluding hydrogens is 290 g/mol. The maximum absolute atomic E-state index is 11.7. The van der Waals surface area contributed by atoms with E-state index in [0.29, 0.717) is 19.0 Å². The summed E-state index contributed by atoms with van der Waals surface area (Å²) in [5.74, 6) is 0.432. The summed E-state index contributed by atoms with van der Waals surface area (Å²) >= 11 is 3.33. The third-order valence-corrected chi connectivity index (χ3v) is 4.67. The molecule has 0 aromatic carbocycles. The maximum Gasteiger partial charge on any atom is 0.315 e. The molecule has 20 heavy (non-hydrogen) atoms. The SMILES string of the molecule is Cc1csc(CNC(=O)NCC(C)Cc2cccs2)n1. The zero-order valence-corrected chi connectivity index (χ0v) is 13.3. The third kappa shape index (κ3) is 4.94. The van der Waals surface area contributed by atoms with Crippen LogP contribution in [0.2, 0.25) is 0 Å². The molecule has 0 spiro atoms. The minimum absolute atomic E-state index is 0.129. The maximum atomic E-state index is 11.7. The molecule has 0 aliphatic heterocycles. The van der Waals surface area contributed by atoms with Gasteiger partial charge >= 0.3 is 6.03 Å². The Kier molecular flexibility index (Phi) is 5.55. The van der Waals surface area contributed by atoms with Gasteiger partial charge in [-0.15, -0.1) is 22.7 Å². The van der Waals surface area contributed by atoms with Crippen LogP contribution in [0, 0.1) is 12.8 Å². The molecule has 2 rings (SSSR count). The number of aryl methyl sites for hydroxylation is 1. The number of nitrogens with one attached hydrogen (secondary N) is 2. The molecule has 0 fully saturated rings. The number of thiophene rings is 1. The summed E-state index contributed by atoms with van der Waals surface area (Å²) in [6, 6.07) is 4.06. The van der Waals surface area contributed by atoms with Gasteiger partial charge in [0.15, 0.2) is 0 Å². The zero-order valence-electron chi connectivity index (χ0n) is 11.7. The van der Waals surface area contributed by atoms with Crippen LogP contribution in [0.15, 0.2) is 22.9 Å². The van der Waals surface area contributed by atoms with Crippen LogP contribution in [-0.4, -0.2) is 17.6 Å². The van der Waals surface area contributed by atoms with Crippen molar-refractivity contribution in [1.29, 1.82) is 0 Å². The number of thiazole rings is 1. The van der Waals surface area contributed by atoms with Crippen molar-refractivity contribution in [2.24, 2.45) is 5.92 Å². The number of nitrogens with zero attached hydrogens (tertiary/aromatic N) is 1. The van der Waals surface area contributed by atoms with Crippen molar-refractivity contribution in [3.05, 3.63) is 38.5 Å². The van der Waals surface area contributed by atoms with Gasteiger partial charge in [0.25, 0.3) is 0 Å². The molecule has 2 aromatic rings. The molecule has 2 N–H and O–H groups in total. The van der Waals surface area contributed by atoms with E-state index in [1.165, 1.54) is 4.88 Å². The summed E-state index contributed by atoms with van der Waals surface area (Å²) in [4.78, 5) is 17.4. The minimum Gasteiger partial charge on any atom is -0.338 e. The van der Waals surface area contributed by atoms with E-state index < -0.39 is 0 Å². The van der Waals surface area contributed by atoms with Crippen molar-refractivity contribution in [3.63, 3.8) is 0 Å². The van der Waals surface area contributed by atoms with Gasteiger partial charge in [-0.1, -0.05) is 13.0 Å². The first-order valence-corrected chi connectivity index (χ1v) is 8.34. The van der Waals surface area contributed by atoms with Gasteiger partial charge in [0.2, 0.25) is 0 Å². The fourth-order valence-corrected chi connectivity index (χ4v) is 3.39. The normalized spacial score (nSPS) is 12.1. The zero-order chi connectivity index (χ0) is 14.4. The van der Waals surface area contributed by atoms with E-state index in [-0.39, 0.29) is 6.03 Å². The second-order valence-electron chi connectivity index (χ2n) is 4.83. The van der Waals surface area contributed by atoms with Crippen LogP contribution >= 0.6 is 22.7 Å². The molecule has 0 saturated carbocycles. The van der Waals surface area contributed by atoms with Gasteiger partial charge in [-0.3, -0.25) is 0 Å². The average Bonchev–Trinajstić information content (AvgIpc) is 3.05. The fourth-order valence-electron chi connectivity index (χ4n) is 1.81. The molecule has 0 saturated heterocycles. The number of aromatic nitrogens is 1. The van der Waals surface area contributed by atoms with Crippen LogP contribution in [-0.2, 0) is 13.0 Å². The van der Waals surface area contributed by atoms with Crippen molar-refractivity contribution in [3.8, 4) is 0 Å². The molecule has 0 bridgehead atoms. The molecule has 2 amide bonds. The summed E-state index contributed by atoms with van der Waals surface area (Å²) in [5, 5.41) is 10.7. The summed E-state index contributed by atoms with van der Waals surface area (Å²) < 4.78 is 0. The summed E-state index contributed by atoms with van der Waals surface area (Å²) in [6.07, 6.45) is 1.00. The number of amides is 2. The van der Waals surface area contributed by atoms with Gasteiger partial charge in [-0.05, 0) is 30.7 Å². The van der Waals surface area contributed by atoms with E-state index in [9.17, 15) is 4.79 Å². The Balaban J connectivity index is 1.64. The number of carbonyl (C=O) groups excluding carboxylic acids is 1. The van der Waals surface area contributed by atoms with E-state index >= 15 is 0 Å². The summed E-state index contributed by atoms with van der Waals surface area (Å²) in [5.41, 5.74) is 0.997. The average molecular weight is 309 g/mol. The van der Waals surface area contributed by atoms with Gasteiger partial charge in [0, 0.05) is 22.5 Å². The highest BCUT2D eigenvalue weighted by atomic mass is 32.1. The molecule has 1 atom stereocenters. The molecule has 1 unspecified atom stereocenters. The fraction of sp³-hybridized carbons (Fsp3) is 0.429. The van der Waals surface area contributed by atoms with Crippen molar-refractivity contribution in [2.45, 2.75) is 26.8 Å². The highest BCUT2D eigenvalue weighted by molar-refractivity contribution is 7.10. The minimum atomic E-state index is -0.129. The van der Waals surface area contributed by atoms with E-state index in [1.807, 2.05) is 12.3 Å². The number of carbonyl (C=O) groups is 1. The van der Waals surface area contributed by atoms with E-state index in [4.69, 9.17) is 0 Å². The van der Waals surface area contributed by atoms with Crippen LogP contribution in [0.1, 0.15) is 22.5 Å². The van der Waals surface area contributed by atoms with Gasteiger partial charge < -0.3 is 10.6 Å². The third-order valence-electron chi connectivity index (χ3n) is 2.81. The monoisotopic (exact) mass is 309 g/mol. The first-order valence-electron chi connectivity index (χ1n) is 6.58. The smallest absolute Gasteiger partial charge is 0.315 e. The van der Waals surface area contributed by atoms with Crippen molar-refractivity contribution in [1.82, 2.24) is 15.6 Å². The number of rotatable bonds is 6. The van der Waals surface area contributed by atoms with E-state index in [0.717, 1.165) is 17.1 Å². The molecule has 2 aromatic heterocycles. The van der Waals surface area contributed by atoms with E-state index in [2.05, 4.69) is 40.1 Å². The lowest BCUT2D eigenvalue weighted by Gasteiger charge is -2.12. The molecular formula is C14H19N3OS2. The van der Waals surface area contributed by atoms with Gasteiger partial charge in [0.05, 0.1) is 6.54 Å². The van der Waals surface area contributed by atoms with Gasteiger partial charge in [-0.25, -0.2) is 9.78 Å². The lowest BCUT2D eigenvalue weighted by Crippen LogP contribution is -2.37. The highest BCUT2D eigenvalue weighted by Crippen LogP contribution is 2.13. The summed E-state index contributed by atoms with van der Waals surface area (Å²) in [6.45, 7) is 5.26. The van der Waals surface area contributed by atoms with E-state index in [1.54, 1.807) is 22.7 Å². The standard InChI is InChI=1S/C14H19N3OS2/c1-10(6-12-4-3-5-19-12)7-15-14(18)16-8-13-17-11(2)9-20-13/h3-5,9-10H,6-8H2,1-2H3,(H2,15,16,18). The number of hydrogen-bond acceptors (Lipinski definition) is 4. The Morgan fingerprint density at radius 3 is 2.90 bits per heavy atom. The Bertz CT molecular complexity index is 536. The second kappa shape index (κ2) is 7.40. The molecule has 0 aliphatic rings. The molecule has 6 heteroatoms. The van der Waals surface area contributed by atoms with Crippen molar-refractivity contribution < 1.29 is 4.79 Å². The number of hydrogen-bond donors (Lipinski definition) is 2. The first-order chi connectivity index (χ1) is 9.63. The molecule has 108 valence electrons. The second-order valence-corrected chi connectivity index (χ2v) is 6.81. The number of urea groups is 1. The Hall–Kier alpha value is -1.40. The van der Waals surface area contributed by atoms with Crippen LogP contribution < -0.4 is 10.6 Å². The van der Waals surface area contributed by atoms with Crippen LogP contribution in [0.3, 0.4) is 0 Å². The summed E-state index contributed by atoms with van der Waals surface area (Å²) in [7, 11) is 0.